The number of hydrogen-bond acceptors (Lipinski definition) is 11. The molecule has 0 aliphatic heterocycles. The van der Waals surface area contributed by atoms with E-state index in [0.29, 0.717) is 33.0 Å². The van der Waals surface area contributed by atoms with Gasteiger partial charge >= 0.3 is 5.97 Å². The number of carbonyl (C=O) groups is 2. The number of nitrogens with zero attached hydrogens (tertiary/aromatic N) is 4. The maximum Gasteiger partial charge on any atom is 0.326 e. The van der Waals surface area contributed by atoms with Crippen LogP contribution in [0.15, 0.2) is 53.0 Å². The Bertz CT molecular complexity index is 1710. The Labute approximate surface area is 255 Å². The fourth-order valence-corrected chi connectivity index (χ4v) is 5.83. The number of alkyl halides is 1. The Morgan fingerprint density at radius 2 is 1.84 bits per heavy atom. The molecule has 4 aromatic rings. The second kappa shape index (κ2) is 14.1. The van der Waals surface area contributed by atoms with Gasteiger partial charge in [0.05, 0.1) is 16.4 Å². The van der Waals surface area contributed by atoms with Crippen LogP contribution in [-0.2, 0) is 32.6 Å². The zero-order valence-corrected chi connectivity index (χ0v) is 25.3. The van der Waals surface area contributed by atoms with E-state index >= 15 is 0 Å². The van der Waals surface area contributed by atoms with Gasteiger partial charge in [0.2, 0.25) is 10.2 Å². The topological polar surface area (TPSA) is 209 Å². The Morgan fingerprint density at radius 1 is 1.14 bits per heavy atom. The number of aliphatic hydroxyl groups excluding tert-OH is 1. The van der Waals surface area contributed by atoms with E-state index in [1.165, 1.54) is 10.9 Å². The molecular weight excluding hydrogens is 619 g/mol. The summed E-state index contributed by atoms with van der Waals surface area (Å²) in [7, 11) is -3.93. The van der Waals surface area contributed by atoms with Crippen molar-refractivity contribution >= 4 is 43.5 Å². The molecule has 0 radical (unpaired) electrons. The molecule has 17 heteroatoms. The van der Waals surface area contributed by atoms with Crippen molar-refractivity contribution in [3.63, 3.8) is 0 Å². The lowest BCUT2D eigenvalue weighted by molar-refractivity contribution is -0.142. The Morgan fingerprint density at radius 3 is 2.48 bits per heavy atom. The van der Waals surface area contributed by atoms with Gasteiger partial charge in [-0.1, -0.05) is 31.2 Å². The second-order valence-corrected chi connectivity index (χ2v) is 13.0. The zero-order chi connectivity index (χ0) is 32.0. The number of aliphatic hydroxyl groups is 1. The number of rotatable bonds is 15. The number of hydrogen-bond donors (Lipinski definition) is 4. The number of sulfonamides is 1. The summed E-state index contributed by atoms with van der Waals surface area (Å²) in [6.07, 6.45) is 0.278. The quantitative estimate of drug-likeness (QED) is 0.146. The van der Waals surface area contributed by atoms with E-state index in [2.05, 4.69) is 20.6 Å². The van der Waals surface area contributed by atoms with Gasteiger partial charge in [-0.2, -0.15) is 0 Å². The largest absolute Gasteiger partial charge is 0.491 e. The first-order valence-electron chi connectivity index (χ1n) is 13.3. The Hall–Kier alpha value is -4.19. The molecule has 2 aromatic carbocycles. The second-order valence-electron chi connectivity index (χ2n) is 10.2. The van der Waals surface area contributed by atoms with Crippen LogP contribution in [0.1, 0.15) is 31.1 Å². The predicted molar refractivity (Wildman–Crippen MR) is 156 cm³/mol. The average molecular weight is 651 g/mol. The molecule has 0 fully saturated rings. The lowest BCUT2D eigenvalue weighted by Gasteiger charge is -2.23. The smallest absolute Gasteiger partial charge is 0.326 e. The molecule has 0 bridgehead atoms. The van der Waals surface area contributed by atoms with Crippen molar-refractivity contribution in [3.8, 4) is 11.5 Å². The molecule has 0 spiro atoms. The molecule has 236 valence electrons. The van der Waals surface area contributed by atoms with Gasteiger partial charge in [0.15, 0.2) is 0 Å². The van der Waals surface area contributed by atoms with Crippen LogP contribution in [0.5, 0.6) is 11.5 Å². The van der Waals surface area contributed by atoms with E-state index in [4.69, 9.17) is 14.6 Å². The third-order valence-electron chi connectivity index (χ3n) is 6.31. The van der Waals surface area contributed by atoms with Crippen molar-refractivity contribution in [3.05, 3.63) is 59.9 Å². The Kier molecular flexibility index (Phi) is 10.5. The summed E-state index contributed by atoms with van der Waals surface area (Å²) in [6.45, 7) is 2.41. The highest BCUT2D eigenvalue weighted by molar-refractivity contribution is 7.91. The molecule has 4 rings (SSSR count). The Balaban J connectivity index is 1.39. The number of amides is 1. The number of halogens is 1. The first kappa shape index (κ1) is 32.7. The van der Waals surface area contributed by atoms with Gasteiger partial charge in [-0.05, 0) is 41.8 Å². The summed E-state index contributed by atoms with van der Waals surface area (Å²) in [6, 6.07) is 9.10. The first-order chi connectivity index (χ1) is 20.8. The van der Waals surface area contributed by atoms with E-state index in [0.717, 1.165) is 11.3 Å². The molecule has 0 aliphatic rings. The minimum atomic E-state index is -3.93. The minimum Gasteiger partial charge on any atom is -0.491 e. The molecule has 5 N–H and O–H groups in total. The molecule has 1 amide bonds. The number of aliphatic carboxylic acids is 1. The number of fused-ring (bicyclic) bond motifs is 1. The van der Waals surface area contributed by atoms with E-state index in [1.807, 2.05) is 0 Å². The average Bonchev–Trinajstić information content (AvgIpc) is 3.62. The third kappa shape index (κ3) is 8.46. The maximum atomic E-state index is 13.3. The number of nitrogens with one attached hydrogen (secondary N) is 1. The molecule has 14 nitrogen and oxygen atoms in total. The van der Waals surface area contributed by atoms with Crippen LogP contribution in [0.4, 0.5) is 4.39 Å². The summed E-state index contributed by atoms with van der Waals surface area (Å²) in [4.78, 5) is 29.3. The van der Waals surface area contributed by atoms with Gasteiger partial charge in [0, 0.05) is 6.42 Å². The van der Waals surface area contributed by atoms with Crippen LogP contribution < -0.4 is 19.9 Å². The van der Waals surface area contributed by atoms with Gasteiger partial charge in [0.1, 0.15) is 55.3 Å². The summed E-state index contributed by atoms with van der Waals surface area (Å²) in [5.41, 5.74) is 1.46. The predicted octanol–water partition coefficient (Wildman–Crippen LogP) is 1.83. The maximum absolute atomic E-state index is 13.3. The van der Waals surface area contributed by atoms with Crippen molar-refractivity contribution in [2.24, 2.45) is 11.1 Å². The SMILES string of the molecule is CC(C)[C@H](C(=O)NC(Cc1ccc(OC[C@H](O)CF)cc1)C(=O)O)n1cc(COc2ccc3nc(S(N)(=O)=O)sc3c2)nn1. The van der Waals surface area contributed by atoms with Gasteiger partial charge in [-0.3, -0.25) is 4.79 Å². The molecule has 3 atom stereocenters. The molecule has 2 heterocycles. The summed E-state index contributed by atoms with van der Waals surface area (Å²) < 4.78 is 48.3. The molecular formula is C27H31FN6O8S2. The molecule has 0 saturated heterocycles. The number of carboxylic acid groups (broad SMARTS) is 1. The lowest BCUT2D eigenvalue weighted by Crippen LogP contribution is -2.46. The zero-order valence-electron chi connectivity index (χ0n) is 23.7. The van der Waals surface area contributed by atoms with Crippen molar-refractivity contribution in [1.29, 1.82) is 0 Å². The number of nitrogens with two attached hydrogens (primary N) is 1. The number of carbonyl (C=O) groups excluding carboxylic acids is 1. The molecule has 0 saturated carbocycles. The standard InChI is InChI=1S/C27H31FN6O8S2/c1-15(2)24(25(36)30-22(26(37)38)9-16-3-5-19(6-4-16)42-14-18(35)11-28)34-12-17(32-33-34)13-41-20-7-8-21-23(10-20)43-27(31-21)44(29,39)40/h3-8,10,12,15,18,22,24,35H,9,11,13-14H2,1-2H3,(H,30,36)(H,37,38)(H2,29,39,40)/t18-,22?,24-/m1/s1. The van der Waals surface area contributed by atoms with E-state index in [1.54, 1.807) is 56.3 Å². The summed E-state index contributed by atoms with van der Waals surface area (Å²) in [5, 5.41) is 35.0. The number of ether oxygens (including phenoxy) is 2. The molecule has 2 aromatic heterocycles. The monoisotopic (exact) mass is 650 g/mol. The third-order valence-corrected chi connectivity index (χ3v) is 8.65. The number of benzene rings is 2. The van der Waals surface area contributed by atoms with Gasteiger partial charge in [-0.15, -0.1) is 16.4 Å². The molecule has 1 unspecified atom stereocenters. The lowest BCUT2D eigenvalue weighted by atomic mass is 10.0. The normalized spacial score (nSPS) is 13.9. The van der Waals surface area contributed by atoms with Crippen LogP contribution in [0.25, 0.3) is 10.2 Å². The van der Waals surface area contributed by atoms with E-state index in [9.17, 15) is 32.6 Å². The van der Waals surface area contributed by atoms with Gasteiger partial charge < -0.3 is 25.0 Å². The van der Waals surface area contributed by atoms with Crippen LogP contribution in [-0.4, -0.2) is 75.9 Å². The highest BCUT2D eigenvalue weighted by Gasteiger charge is 2.30. The van der Waals surface area contributed by atoms with E-state index < -0.39 is 46.8 Å². The summed E-state index contributed by atoms with van der Waals surface area (Å²) in [5.74, 6) is -1.27. The fourth-order valence-electron chi connectivity index (χ4n) is 4.15. The van der Waals surface area contributed by atoms with Crippen LogP contribution >= 0.6 is 11.3 Å². The van der Waals surface area contributed by atoms with Crippen molar-refractivity contribution < 1.29 is 42.1 Å². The molecule has 44 heavy (non-hydrogen) atoms. The first-order valence-corrected chi connectivity index (χ1v) is 15.7. The number of aromatic nitrogens is 4. The van der Waals surface area contributed by atoms with Gasteiger partial charge in [-0.25, -0.2) is 32.4 Å². The number of carboxylic acids is 1. The minimum absolute atomic E-state index is 0.0109. The van der Waals surface area contributed by atoms with Crippen LogP contribution in [0.2, 0.25) is 0 Å². The summed E-state index contributed by atoms with van der Waals surface area (Å²) >= 11 is 0.918. The number of primary sulfonamides is 1. The van der Waals surface area contributed by atoms with E-state index in [-0.39, 0.29) is 29.9 Å². The van der Waals surface area contributed by atoms with Crippen LogP contribution in [0.3, 0.4) is 0 Å². The van der Waals surface area contributed by atoms with Crippen LogP contribution in [0, 0.1) is 5.92 Å². The number of thiazole rings is 1. The fraction of sp³-hybridized carbons (Fsp3) is 0.370. The highest BCUT2D eigenvalue weighted by atomic mass is 32.2. The highest BCUT2D eigenvalue weighted by Crippen LogP contribution is 2.28. The van der Waals surface area contributed by atoms with Crippen molar-refractivity contribution in [2.45, 2.75) is 49.4 Å². The van der Waals surface area contributed by atoms with Gasteiger partial charge in [0.25, 0.3) is 10.0 Å². The molecule has 0 aliphatic carbocycles. The van der Waals surface area contributed by atoms with Crippen molar-refractivity contribution in [1.82, 2.24) is 25.3 Å². The van der Waals surface area contributed by atoms with Crippen molar-refractivity contribution in [2.75, 3.05) is 13.3 Å².